The normalized spacial score (nSPS) is 25.6. The van der Waals surface area contributed by atoms with E-state index in [0.717, 1.165) is 6.42 Å². The lowest BCUT2D eigenvalue weighted by Crippen LogP contribution is -1.85. The van der Waals surface area contributed by atoms with E-state index in [-0.39, 0.29) is 5.83 Å². The minimum absolute atomic E-state index is 0.158. The van der Waals surface area contributed by atoms with Crippen LogP contribution < -0.4 is 0 Å². The second-order valence-corrected chi connectivity index (χ2v) is 2.31. The van der Waals surface area contributed by atoms with Crippen molar-refractivity contribution in [3.05, 3.63) is 35.9 Å². The first-order valence-corrected chi connectivity index (χ1v) is 3.58. The lowest BCUT2D eigenvalue weighted by Gasteiger charge is -2.02. The van der Waals surface area contributed by atoms with Crippen LogP contribution in [0.1, 0.15) is 12.8 Å². The lowest BCUT2D eigenvalue weighted by atomic mass is 10.2. The molecule has 0 aliphatic heterocycles. The van der Waals surface area contributed by atoms with Crippen molar-refractivity contribution < 1.29 is 9.13 Å². The number of methoxy groups -OCH3 is 1. The van der Waals surface area contributed by atoms with E-state index in [9.17, 15) is 4.39 Å². The van der Waals surface area contributed by atoms with Gasteiger partial charge in [-0.3, -0.25) is 0 Å². The molecular weight excluding hydrogens is 143 g/mol. The number of halogens is 1. The summed E-state index contributed by atoms with van der Waals surface area (Å²) in [7, 11) is 1.54. The summed E-state index contributed by atoms with van der Waals surface area (Å²) in [5, 5.41) is 0. The van der Waals surface area contributed by atoms with Gasteiger partial charge in [-0.25, -0.2) is 4.39 Å². The van der Waals surface area contributed by atoms with Crippen molar-refractivity contribution in [2.45, 2.75) is 12.8 Å². The third-order valence-corrected chi connectivity index (χ3v) is 1.47. The molecule has 0 radical (unpaired) electrons. The van der Waals surface area contributed by atoms with E-state index in [4.69, 9.17) is 4.74 Å². The van der Waals surface area contributed by atoms with Gasteiger partial charge in [-0.2, -0.15) is 0 Å². The summed E-state index contributed by atoms with van der Waals surface area (Å²) in [5.74, 6) is 0.445. The Morgan fingerprint density at radius 2 is 2.27 bits per heavy atom. The van der Waals surface area contributed by atoms with Gasteiger partial charge >= 0.3 is 0 Å². The van der Waals surface area contributed by atoms with Gasteiger partial charge in [0.05, 0.1) is 7.11 Å². The summed E-state index contributed by atoms with van der Waals surface area (Å²) in [4.78, 5) is 0. The molecule has 1 aliphatic carbocycles. The van der Waals surface area contributed by atoms with Crippen LogP contribution in [-0.4, -0.2) is 7.11 Å². The Morgan fingerprint density at radius 3 is 3.00 bits per heavy atom. The molecule has 0 aromatic rings. The highest BCUT2D eigenvalue weighted by Crippen LogP contribution is 2.13. The molecule has 60 valence electrons. The summed E-state index contributed by atoms with van der Waals surface area (Å²) < 4.78 is 17.7. The predicted octanol–water partition coefficient (Wildman–Crippen LogP) is 2.72. The van der Waals surface area contributed by atoms with Gasteiger partial charge in [0.25, 0.3) is 0 Å². The van der Waals surface area contributed by atoms with Crippen molar-refractivity contribution in [1.29, 1.82) is 0 Å². The van der Waals surface area contributed by atoms with E-state index in [1.54, 1.807) is 7.11 Å². The standard InChI is InChI=1S/C9H11FO/c1-11-9-6-4-2-3-5-8(10)7-9/h2-3,6-7H,4-5H2,1H3/b3-2-,8-7+,9-6?. The Bertz CT molecular complexity index is 214. The topological polar surface area (TPSA) is 9.23 Å². The number of rotatable bonds is 1. The highest BCUT2D eigenvalue weighted by molar-refractivity contribution is 5.19. The maximum absolute atomic E-state index is 12.8. The molecular formula is C9H11FO. The average molecular weight is 154 g/mol. The number of ether oxygens (including phenoxy) is 1. The first-order chi connectivity index (χ1) is 5.33. The van der Waals surface area contributed by atoms with Gasteiger partial charge in [-0.05, 0) is 12.5 Å². The van der Waals surface area contributed by atoms with Crippen LogP contribution in [0.3, 0.4) is 0 Å². The lowest BCUT2D eigenvalue weighted by molar-refractivity contribution is 0.303. The quantitative estimate of drug-likeness (QED) is 0.527. The molecule has 0 saturated heterocycles. The first-order valence-electron chi connectivity index (χ1n) is 3.58. The molecule has 0 amide bonds. The van der Waals surface area contributed by atoms with Crippen LogP contribution in [0.4, 0.5) is 4.39 Å². The number of hydrogen-bond donors (Lipinski definition) is 0. The molecule has 0 saturated carbocycles. The third-order valence-electron chi connectivity index (χ3n) is 1.47. The monoisotopic (exact) mass is 154 g/mol. The number of allylic oxidation sites excluding steroid dienone is 5. The molecule has 0 heterocycles. The van der Waals surface area contributed by atoms with E-state index >= 15 is 0 Å². The second-order valence-electron chi connectivity index (χ2n) is 2.31. The van der Waals surface area contributed by atoms with Crippen LogP contribution in [0.15, 0.2) is 35.9 Å². The Morgan fingerprint density at radius 1 is 1.45 bits per heavy atom. The van der Waals surface area contributed by atoms with Crippen molar-refractivity contribution in [2.75, 3.05) is 7.11 Å². The van der Waals surface area contributed by atoms with Crippen molar-refractivity contribution >= 4 is 0 Å². The summed E-state index contributed by atoms with van der Waals surface area (Å²) in [6.07, 6.45) is 8.19. The molecule has 1 aliphatic rings. The molecule has 0 fully saturated rings. The van der Waals surface area contributed by atoms with Crippen LogP contribution in [0.2, 0.25) is 0 Å². The fraction of sp³-hybridized carbons (Fsp3) is 0.333. The summed E-state index contributed by atoms with van der Waals surface area (Å²) >= 11 is 0. The molecule has 0 atom stereocenters. The maximum Gasteiger partial charge on any atom is 0.117 e. The summed E-state index contributed by atoms with van der Waals surface area (Å²) in [5.41, 5.74) is 0. The van der Waals surface area contributed by atoms with E-state index in [1.807, 2.05) is 18.2 Å². The van der Waals surface area contributed by atoms with Gasteiger partial charge in [-0.1, -0.05) is 12.2 Å². The average Bonchev–Trinajstić information content (AvgIpc) is 1.96. The van der Waals surface area contributed by atoms with E-state index in [0.29, 0.717) is 12.2 Å². The van der Waals surface area contributed by atoms with Crippen LogP contribution in [0, 0.1) is 0 Å². The Balaban J connectivity index is 2.76. The molecule has 1 nitrogen and oxygen atoms in total. The SMILES string of the molecule is COC1=CC/C=C\C/C(F)=C\1. The van der Waals surface area contributed by atoms with Crippen molar-refractivity contribution in [2.24, 2.45) is 0 Å². The molecule has 0 N–H and O–H groups in total. The zero-order chi connectivity index (χ0) is 8.10. The fourth-order valence-corrected chi connectivity index (χ4v) is 0.891. The summed E-state index contributed by atoms with van der Waals surface area (Å²) in [6, 6.07) is 0. The largest absolute Gasteiger partial charge is 0.497 e. The van der Waals surface area contributed by atoms with Crippen molar-refractivity contribution in [3.8, 4) is 0 Å². The summed E-state index contributed by atoms with van der Waals surface area (Å²) in [6.45, 7) is 0. The predicted molar refractivity (Wildman–Crippen MR) is 42.7 cm³/mol. The Labute approximate surface area is 65.9 Å². The fourth-order valence-electron chi connectivity index (χ4n) is 0.891. The molecule has 1 rings (SSSR count). The maximum atomic E-state index is 12.8. The van der Waals surface area contributed by atoms with Crippen LogP contribution in [0.5, 0.6) is 0 Å². The third kappa shape index (κ3) is 2.58. The first kappa shape index (κ1) is 8.05. The molecule has 0 bridgehead atoms. The van der Waals surface area contributed by atoms with Crippen LogP contribution >= 0.6 is 0 Å². The zero-order valence-corrected chi connectivity index (χ0v) is 6.51. The highest BCUT2D eigenvalue weighted by atomic mass is 19.1. The smallest absolute Gasteiger partial charge is 0.117 e. The van der Waals surface area contributed by atoms with Crippen molar-refractivity contribution in [1.82, 2.24) is 0 Å². The van der Waals surface area contributed by atoms with Gasteiger partial charge in [0.15, 0.2) is 0 Å². The molecule has 2 heteroatoms. The minimum atomic E-state index is -0.158. The van der Waals surface area contributed by atoms with Gasteiger partial charge in [0.2, 0.25) is 0 Å². The van der Waals surface area contributed by atoms with Crippen molar-refractivity contribution in [3.63, 3.8) is 0 Å². The van der Waals surface area contributed by atoms with Gasteiger partial charge in [-0.15, -0.1) is 0 Å². The molecule has 0 aromatic heterocycles. The Kier molecular flexibility index (Phi) is 2.90. The molecule has 0 spiro atoms. The molecule has 11 heavy (non-hydrogen) atoms. The number of hydrogen-bond acceptors (Lipinski definition) is 1. The molecule has 0 aromatic carbocycles. The van der Waals surface area contributed by atoms with E-state index < -0.39 is 0 Å². The van der Waals surface area contributed by atoms with Gasteiger partial charge in [0, 0.05) is 12.5 Å². The van der Waals surface area contributed by atoms with Gasteiger partial charge < -0.3 is 4.74 Å². The van der Waals surface area contributed by atoms with E-state index in [2.05, 4.69) is 0 Å². The Hall–Kier alpha value is -1.05. The van der Waals surface area contributed by atoms with Crippen LogP contribution in [0.25, 0.3) is 0 Å². The molecule has 0 unspecified atom stereocenters. The zero-order valence-electron chi connectivity index (χ0n) is 6.51. The second kappa shape index (κ2) is 3.96. The highest BCUT2D eigenvalue weighted by Gasteiger charge is 1.97. The van der Waals surface area contributed by atoms with Gasteiger partial charge in [0.1, 0.15) is 11.6 Å². The van der Waals surface area contributed by atoms with Crippen LogP contribution in [-0.2, 0) is 4.74 Å². The van der Waals surface area contributed by atoms with E-state index in [1.165, 1.54) is 6.08 Å². The minimum Gasteiger partial charge on any atom is -0.497 e.